The van der Waals surface area contributed by atoms with E-state index in [1.807, 2.05) is 13.8 Å². The first-order valence-electron chi connectivity index (χ1n) is 8.09. The van der Waals surface area contributed by atoms with Gasteiger partial charge in [-0.2, -0.15) is 0 Å². The fraction of sp³-hybridized carbons (Fsp3) is 0.333. The standard InChI is InChI=1S/C18H18ClN3O3/c1-18(2)6-10-14(12(24)7-18)13(9-5-8(19)3-4-11(9)23)15-16(20-10)21-22-17(15)25/h3-5,13,23H,6-7H2,1-2H3,(H3,20,21,22,25). The minimum Gasteiger partial charge on any atom is -0.508 e. The molecule has 1 aromatic carbocycles. The van der Waals surface area contributed by atoms with Crippen LogP contribution in [0, 0.1) is 5.41 Å². The van der Waals surface area contributed by atoms with Gasteiger partial charge in [0.25, 0.3) is 5.56 Å². The number of carbonyl (C=O) groups excluding carboxylic acids is 1. The fourth-order valence-corrected chi connectivity index (χ4v) is 4.07. The molecule has 4 N–H and O–H groups in total. The maximum Gasteiger partial charge on any atom is 0.270 e. The number of anilines is 1. The molecule has 7 heteroatoms. The lowest BCUT2D eigenvalue weighted by molar-refractivity contribution is -0.118. The number of benzene rings is 1. The number of rotatable bonds is 1. The summed E-state index contributed by atoms with van der Waals surface area (Å²) in [5, 5.41) is 19.4. The van der Waals surface area contributed by atoms with Crippen LogP contribution in [0.25, 0.3) is 0 Å². The molecule has 1 atom stereocenters. The Bertz CT molecular complexity index is 984. The zero-order chi connectivity index (χ0) is 17.9. The minimum absolute atomic E-state index is 0.00679. The first kappa shape index (κ1) is 16.0. The number of halogens is 1. The van der Waals surface area contributed by atoms with Gasteiger partial charge in [0.2, 0.25) is 0 Å². The molecule has 130 valence electrons. The monoisotopic (exact) mass is 359 g/mol. The average Bonchev–Trinajstić information content (AvgIpc) is 2.87. The van der Waals surface area contributed by atoms with Crippen molar-refractivity contribution in [3.63, 3.8) is 0 Å². The van der Waals surface area contributed by atoms with Crippen molar-refractivity contribution >= 4 is 23.2 Å². The molecule has 2 heterocycles. The van der Waals surface area contributed by atoms with Gasteiger partial charge in [0.15, 0.2) is 5.78 Å². The molecule has 1 unspecified atom stereocenters. The maximum atomic E-state index is 12.9. The third-order valence-electron chi connectivity index (χ3n) is 4.89. The van der Waals surface area contributed by atoms with Crippen molar-refractivity contribution < 1.29 is 9.90 Å². The van der Waals surface area contributed by atoms with Gasteiger partial charge in [-0.1, -0.05) is 25.4 Å². The molecular weight excluding hydrogens is 342 g/mol. The Morgan fingerprint density at radius 2 is 1.96 bits per heavy atom. The lowest BCUT2D eigenvalue weighted by Gasteiger charge is -2.38. The van der Waals surface area contributed by atoms with Crippen LogP contribution in [-0.2, 0) is 4.79 Å². The quantitative estimate of drug-likeness (QED) is 0.628. The number of aromatic hydroxyl groups is 1. The summed E-state index contributed by atoms with van der Waals surface area (Å²) in [6.07, 6.45) is 1.07. The predicted molar refractivity (Wildman–Crippen MR) is 95.0 cm³/mol. The van der Waals surface area contributed by atoms with Crippen LogP contribution in [0.1, 0.15) is 43.7 Å². The van der Waals surface area contributed by atoms with Crippen molar-refractivity contribution in [3.05, 3.63) is 56.0 Å². The second-order valence-electron chi connectivity index (χ2n) is 7.46. The van der Waals surface area contributed by atoms with E-state index >= 15 is 0 Å². The number of hydrogen-bond acceptors (Lipinski definition) is 4. The molecule has 0 saturated heterocycles. The van der Waals surface area contributed by atoms with E-state index in [2.05, 4.69) is 15.5 Å². The summed E-state index contributed by atoms with van der Waals surface area (Å²) in [6.45, 7) is 4.08. The summed E-state index contributed by atoms with van der Waals surface area (Å²) >= 11 is 6.11. The van der Waals surface area contributed by atoms with Gasteiger partial charge in [-0.25, -0.2) is 0 Å². The van der Waals surface area contributed by atoms with Gasteiger partial charge in [0.1, 0.15) is 11.6 Å². The van der Waals surface area contributed by atoms with Crippen molar-refractivity contribution in [2.24, 2.45) is 5.41 Å². The maximum absolute atomic E-state index is 12.9. The largest absolute Gasteiger partial charge is 0.508 e. The molecule has 0 amide bonds. The molecule has 0 spiro atoms. The molecule has 6 nitrogen and oxygen atoms in total. The Balaban J connectivity index is 2.00. The second kappa shape index (κ2) is 5.26. The van der Waals surface area contributed by atoms with Crippen LogP contribution in [0.4, 0.5) is 5.82 Å². The summed E-state index contributed by atoms with van der Waals surface area (Å²) in [4.78, 5) is 25.3. The zero-order valence-corrected chi connectivity index (χ0v) is 14.6. The zero-order valence-electron chi connectivity index (χ0n) is 13.9. The van der Waals surface area contributed by atoms with E-state index in [9.17, 15) is 14.7 Å². The van der Waals surface area contributed by atoms with E-state index < -0.39 is 5.92 Å². The van der Waals surface area contributed by atoms with Crippen molar-refractivity contribution in [2.75, 3.05) is 5.32 Å². The lowest BCUT2D eigenvalue weighted by Crippen LogP contribution is -2.35. The number of nitrogens with one attached hydrogen (secondary N) is 3. The van der Waals surface area contributed by atoms with E-state index in [-0.39, 0.29) is 22.5 Å². The number of carbonyl (C=O) groups is 1. The van der Waals surface area contributed by atoms with Crippen LogP contribution >= 0.6 is 11.6 Å². The van der Waals surface area contributed by atoms with Gasteiger partial charge < -0.3 is 10.4 Å². The van der Waals surface area contributed by atoms with Crippen LogP contribution in [0.15, 0.2) is 34.3 Å². The molecule has 0 fully saturated rings. The lowest BCUT2D eigenvalue weighted by atomic mass is 9.69. The number of phenols is 1. The highest BCUT2D eigenvalue weighted by molar-refractivity contribution is 6.30. The molecule has 2 aromatic rings. The Labute approximate surface area is 148 Å². The number of aromatic amines is 2. The predicted octanol–water partition coefficient (Wildman–Crippen LogP) is 3.26. The van der Waals surface area contributed by atoms with Gasteiger partial charge in [0.05, 0.1) is 11.5 Å². The highest BCUT2D eigenvalue weighted by atomic mass is 35.5. The van der Waals surface area contributed by atoms with E-state index in [0.29, 0.717) is 40.4 Å². The first-order chi connectivity index (χ1) is 11.8. The Morgan fingerprint density at radius 1 is 1.20 bits per heavy atom. The first-order valence-corrected chi connectivity index (χ1v) is 8.47. The smallest absolute Gasteiger partial charge is 0.270 e. The van der Waals surface area contributed by atoms with Crippen LogP contribution in [0.2, 0.25) is 5.02 Å². The van der Waals surface area contributed by atoms with Gasteiger partial charge >= 0.3 is 0 Å². The molecule has 0 radical (unpaired) electrons. The number of aromatic nitrogens is 2. The summed E-state index contributed by atoms with van der Waals surface area (Å²) in [7, 11) is 0. The second-order valence-corrected chi connectivity index (χ2v) is 7.90. The topological polar surface area (TPSA) is 98.0 Å². The SMILES string of the molecule is CC1(C)CC(=O)C2=C(C1)Nc1[nH][nH]c(=O)c1C2c1cc(Cl)ccc1O. The van der Waals surface area contributed by atoms with E-state index in [0.717, 1.165) is 5.70 Å². The van der Waals surface area contributed by atoms with Crippen molar-refractivity contribution in [1.82, 2.24) is 10.2 Å². The van der Waals surface area contributed by atoms with Gasteiger partial charge in [-0.3, -0.25) is 19.8 Å². The fourth-order valence-electron chi connectivity index (χ4n) is 3.89. The Hall–Kier alpha value is -2.47. The van der Waals surface area contributed by atoms with Crippen molar-refractivity contribution in [1.29, 1.82) is 0 Å². The molecule has 0 saturated carbocycles. The third-order valence-corrected chi connectivity index (χ3v) is 5.12. The van der Waals surface area contributed by atoms with Crippen molar-refractivity contribution in [2.45, 2.75) is 32.6 Å². The molecular formula is C18H18ClN3O3. The van der Waals surface area contributed by atoms with Crippen LogP contribution in [-0.4, -0.2) is 21.1 Å². The molecule has 4 rings (SSSR count). The van der Waals surface area contributed by atoms with Crippen LogP contribution < -0.4 is 10.9 Å². The number of hydrogen-bond donors (Lipinski definition) is 4. The molecule has 1 aromatic heterocycles. The third kappa shape index (κ3) is 2.48. The Kier molecular flexibility index (Phi) is 3.37. The number of ketones is 1. The Morgan fingerprint density at radius 3 is 2.72 bits per heavy atom. The van der Waals surface area contributed by atoms with E-state index in [1.165, 1.54) is 6.07 Å². The number of allylic oxidation sites excluding steroid dienone is 2. The normalized spacial score (nSPS) is 21.6. The molecule has 1 aliphatic carbocycles. The highest BCUT2D eigenvalue weighted by Crippen LogP contribution is 2.49. The van der Waals surface area contributed by atoms with Crippen molar-refractivity contribution in [3.8, 4) is 5.75 Å². The molecule has 1 aliphatic heterocycles. The van der Waals surface area contributed by atoms with E-state index in [4.69, 9.17) is 11.6 Å². The number of phenolic OH excluding ortho intramolecular Hbond substituents is 1. The molecule has 0 bridgehead atoms. The van der Waals surface area contributed by atoms with Gasteiger partial charge in [0, 0.05) is 28.3 Å². The van der Waals surface area contributed by atoms with Gasteiger partial charge in [-0.15, -0.1) is 0 Å². The number of H-pyrrole nitrogens is 2. The van der Waals surface area contributed by atoms with Crippen LogP contribution in [0.5, 0.6) is 5.75 Å². The molecule has 2 aliphatic rings. The number of Topliss-reactive ketones (excluding diaryl/α,β-unsaturated/α-hetero) is 1. The molecule has 25 heavy (non-hydrogen) atoms. The summed E-state index contributed by atoms with van der Waals surface area (Å²) in [5.41, 5.74) is 1.68. The van der Waals surface area contributed by atoms with Gasteiger partial charge in [-0.05, 0) is 30.0 Å². The average molecular weight is 360 g/mol. The summed E-state index contributed by atoms with van der Waals surface area (Å²) in [5.74, 6) is -0.135. The van der Waals surface area contributed by atoms with E-state index in [1.54, 1.807) is 12.1 Å². The highest BCUT2D eigenvalue weighted by Gasteiger charge is 2.43. The summed E-state index contributed by atoms with van der Waals surface area (Å²) in [6, 6.07) is 4.67. The summed E-state index contributed by atoms with van der Waals surface area (Å²) < 4.78 is 0. The van der Waals surface area contributed by atoms with Crippen LogP contribution in [0.3, 0.4) is 0 Å². The minimum atomic E-state index is -0.649. The number of fused-ring (bicyclic) bond motifs is 1.